The number of aromatic nitrogens is 2. The number of rotatable bonds is 4. The highest BCUT2D eigenvalue weighted by Crippen LogP contribution is 2.41. The predicted octanol–water partition coefficient (Wildman–Crippen LogP) is 2.87. The Labute approximate surface area is 124 Å². The standard InChI is InChI=1S/C16H21N3O2/c1-4-19-9-18-15(16(19)17)12-8-13-11(6-10(3)21-13)7-14(12)20-5-2/h7-10H,4-6,17H2,1-3H3. The van der Waals surface area contributed by atoms with E-state index in [1.165, 1.54) is 5.56 Å². The summed E-state index contributed by atoms with van der Waals surface area (Å²) in [6.45, 7) is 7.49. The average molecular weight is 287 g/mol. The van der Waals surface area contributed by atoms with Crippen molar-refractivity contribution in [3.05, 3.63) is 24.0 Å². The molecule has 0 bridgehead atoms. The van der Waals surface area contributed by atoms with Crippen molar-refractivity contribution < 1.29 is 9.47 Å². The molecule has 0 saturated heterocycles. The zero-order valence-electron chi connectivity index (χ0n) is 12.7. The van der Waals surface area contributed by atoms with Gasteiger partial charge in [-0.15, -0.1) is 0 Å². The van der Waals surface area contributed by atoms with E-state index in [1.54, 1.807) is 6.33 Å². The number of hydrogen-bond acceptors (Lipinski definition) is 4. The van der Waals surface area contributed by atoms with Gasteiger partial charge in [0.2, 0.25) is 0 Å². The number of ether oxygens (including phenoxy) is 2. The minimum atomic E-state index is 0.204. The molecule has 1 atom stereocenters. The van der Waals surface area contributed by atoms with E-state index in [1.807, 2.05) is 24.5 Å². The number of nitrogens with zero attached hydrogens (tertiary/aromatic N) is 2. The third-order valence-electron chi connectivity index (χ3n) is 3.77. The van der Waals surface area contributed by atoms with Crippen molar-refractivity contribution >= 4 is 5.82 Å². The molecule has 112 valence electrons. The average Bonchev–Trinajstić information content (AvgIpc) is 2.99. The Morgan fingerprint density at radius 1 is 1.43 bits per heavy atom. The Morgan fingerprint density at radius 3 is 2.90 bits per heavy atom. The number of hydrogen-bond donors (Lipinski definition) is 1. The molecule has 21 heavy (non-hydrogen) atoms. The first-order valence-electron chi connectivity index (χ1n) is 7.41. The van der Waals surface area contributed by atoms with E-state index in [-0.39, 0.29) is 6.10 Å². The zero-order chi connectivity index (χ0) is 15.0. The molecule has 0 aliphatic carbocycles. The first kappa shape index (κ1) is 13.8. The van der Waals surface area contributed by atoms with Gasteiger partial charge >= 0.3 is 0 Å². The van der Waals surface area contributed by atoms with Crippen LogP contribution in [0.3, 0.4) is 0 Å². The van der Waals surface area contributed by atoms with Crippen molar-refractivity contribution in [2.45, 2.75) is 39.8 Å². The highest BCUT2D eigenvalue weighted by atomic mass is 16.5. The van der Waals surface area contributed by atoms with Crippen LogP contribution in [0.5, 0.6) is 11.5 Å². The molecule has 5 nitrogen and oxygen atoms in total. The fraction of sp³-hybridized carbons (Fsp3) is 0.438. The summed E-state index contributed by atoms with van der Waals surface area (Å²) in [5.74, 6) is 2.39. The largest absolute Gasteiger partial charge is 0.493 e. The van der Waals surface area contributed by atoms with Gasteiger partial charge in [0.05, 0.1) is 12.9 Å². The molecule has 0 fully saturated rings. The topological polar surface area (TPSA) is 62.3 Å². The van der Waals surface area contributed by atoms with E-state index in [0.29, 0.717) is 12.4 Å². The van der Waals surface area contributed by atoms with Gasteiger partial charge < -0.3 is 19.8 Å². The maximum absolute atomic E-state index is 6.19. The van der Waals surface area contributed by atoms with E-state index in [9.17, 15) is 0 Å². The van der Waals surface area contributed by atoms with Crippen LogP contribution in [-0.4, -0.2) is 22.3 Å². The van der Waals surface area contributed by atoms with Gasteiger partial charge in [0.25, 0.3) is 0 Å². The van der Waals surface area contributed by atoms with Crippen LogP contribution in [0.15, 0.2) is 18.5 Å². The molecule has 1 aromatic carbocycles. The molecule has 2 N–H and O–H groups in total. The van der Waals surface area contributed by atoms with E-state index < -0.39 is 0 Å². The molecule has 1 aromatic heterocycles. The van der Waals surface area contributed by atoms with Gasteiger partial charge in [-0.2, -0.15) is 0 Å². The van der Waals surface area contributed by atoms with Gasteiger partial charge in [0, 0.05) is 24.1 Å². The van der Waals surface area contributed by atoms with Crippen molar-refractivity contribution in [2.75, 3.05) is 12.3 Å². The van der Waals surface area contributed by atoms with Crippen LogP contribution in [0.1, 0.15) is 26.3 Å². The molecule has 0 amide bonds. The van der Waals surface area contributed by atoms with Crippen LogP contribution in [0.4, 0.5) is 5.82 Å². The van der Waals surface area contributed by atoms with E-state index >= 15 is 0 Å². The lowest BCUT2D eigenvalue weighted by Gasteiger charge is -2.12. The monoisotopic (exact) mass is 287 g/mol. The number of aryl methyl sites for hydroxylation is 1. The Hall–Kier alpha value is -2.17. The molecular formula is C16H21N3O2. The number of anilines is 1. The van der Waals surface area contributed by atoms with Gasteiger partial charge in [-0.25, -0.2) is 4.98 Å². The van der Waals surface area contributed by atoms with E-state index in [4.69, 9.17) is 15.2 Å². The van der Waals surface area contributed by atoms with Crippen molar-refractivity contribution in [2.24, 2.45) is 0 Å². The van der Waals surface area contributed by atoms with Gasteiger partial charge in [-0.1, -0.05) is 0 Å². The maximum atomic E-state index is 6.19. The molecule has 1 aliphatic heterocycles. The Bertz CT molecular complexity index is 664. The maximum Gasteiger partial charge on any atom is 0.131 e. The summed E-state index contributed by atoms with van der Waals surface area (Å²) < 4.78 is 13.6. The van der Waals surface area contributed by atoms with Crippen molar-refractivity contribution in [3.8, 4) is 22.8 Å². The molecule has 2 aromatic rings. The number of benzene rings is 1. The lowest BCUT2D eigenvalue weighted by molar-refractivity contribution is 0.254. The predicted molar refractivity (Wildman–Crippen MR) is 82.7 cm³/mol. The molecule has 3 rings (SSSR count). The molecular weight excluding hydrogens is 266 g/mol. The summed E-state index contributed by atoms with van der Waals surface area (Å²) >= 11 is 0. The SMILES string of the molecule is CCOc1cc2c(cc1-c1ncn(CC)c1N)OC(C)C2. The lowest BCUT2D eigenvalue weighted by Crippen LogP contribution is -2.05. The second kappa shape index (κ2) is 5.31. The normalized spacial score (nSPS) is 16.6. The number of nitrogens with two attached hydrogens (primary N) is 1. The Balaban J connectivity index is 2.12. The second-order valence-electron chi connectivity index (χ2n) is 5.29. The fourth-order valence-corrected chi connectivity index (χ4v) is 2.75. The molecule has 5 heteroatoms. The summed E-state index contributed by atoms with van der Waals surface area (Å²) in [5, 5.41) is 0. The summed E-state index contributed by atoms with van der Waals surface area (Å²) in [6, 6.07) is 4.06. The third-order valence-corrected chi connectivity index (χ3v) is 3.77. The molecule has 2 heterocycles. The summed E-state index contributed by atoms with van der Waals surface area (Å²) in [5.41, 5.74) is 9.02. The lowest BCUT2D eigenvalue weighted by atomic mass is 10.0. The highest BCUT2D eigenvalue weighted by molar-refractivity contribution is 5.78. The van der Waals surface area contributed by atoms with E-state index in [0.717, 1.165) is 35.7 Å². The number of fused-ring (bicyclic) bond motifs is 1. The number of nitrogen functional groups attached to an aromatic ring is 1. The van der Waals surface area contributed by atoms with Crippen LogP contribution >= 0.6 is 0 Å². The Kier molecular flexibility index (Phi) is 3.49. The van der Waals surface area contributed by atoms with Gasteiger partial charge in [0.15, 0.2) is 0 Å². The first-order chi connectivity index (χ1) is 10.1. The van der Waals surface area contributed by atoms with Crippen molar-refractivity contribution in [1.82, 2.24) is 9.55 Å². The second-order valence-corrected chi connectivity index (χ2v) is 5.29. The summed E-state index contributed by atoms with van der Waals surface area (Å²) in [4.78, 5) is 4.45. The quantitative estimate of drug-likeness (QED) is 0.939. The van der Waals surface area contributed by atoms with Gasteiger partial charge in [0.1, 0.15) is 29.1 Å². The van der Waals surface area contributed by atoms with Crippen LogP contribution in [0.25, 0.3) is 11.3 Å². The minimum Gasteiger partial charge on any atom is -0.493 e. The molecule has 1 aliphatic rings. The fourth-order valence-electron chi connectivity index (χ4n) is 2.75. The molecule has 0 saturated carbocycles. The van der Waals surface area contributed by atoms with Crippen molar-refractivity contribution in [3.63, 3.8) is 0 Å². The van der Waals surface area contributed by atoms with Crippen LogP contribution < -0.4 is 15.2 Å². The van der Waals surface area contributed by atoms with Crippen molar-refractivity contribution in [1.29, 1.82) is 0 Å². The highest BCUT2D eigenvalue weighted by Gasteiger charge is 2.24. The van der Waals surface area contributed by atoms with Crippen LogP contribution in [0.2, 0.25) is 0 Å². The summed E-state index contributed by atoms with van der Waals surface area (Å²) in [7, 11) is 0. The molecule has 1 unspecified atom stereocenters. The minimum absolute atomic E-state index is 0.204. The third kappa shape index (κ3) is 2.33. The summed E-state index contributed by atoms with van der Waals surface area (Å²) in [6.07, 6.45) is 2.88. The van der Waals surface area contributed by atoms with Crippen LogP contribution in [0, 0.1) is 0 Å². The zero-order valence-corrected chi connectivity index (χ0v) is 12.7. The van der Waals surface area contributed by atoms with Gasteiger partial charge in [-0.3, -0.25) is 0 Å². The molecule has 0 radical (unpaired) electrons. The first-order valence-corrected chi connectivity index (χ1v) is 7.41. The van der Waals surface area contributed by atoms with Crippen LogP contribution in [-0.2, 0) is 13.0 Å². The Morgan fingerprint density at radius 2 is 2.24 bits per heavy atom. The van der Waals surface area contributed by atoms with Gasteiger partial charge in [-0.05, 0) is 32.9 Å². The number of imidazole rings is 1. The molecule has 0 spiro atoms. The van der Waals surface area contributed by atoms with E-state index in [2.05, 4.69) is 18.0 Å². The smallest absolute Gasteiger partial charge is 0.131 e.